The van der Waals surface area contributed by atoms with Crippen LogP contribution in [0.15, 0.2) is 77.4 Å². The monoisotopic (exact) mass is 528 g/mol. The molecular formula is C32H33FN2O4. The van der Waals surface area contributed by atoms with Crippen molar-refractivity contribution in [1.29, 1.82) is 0 Å². The Bertz CT molecular complexity index is 1460. The van der Waals surface area contributed by atoms with Gasteiger partial charge < -0.3 is 19.8 Å². The second kappa shape index (κ2) is 11.7. The third-order valence-corrected chi connectivity index (χ3v) is 7.11. The minimum atomic E-state index is -0.671. The zero-order valence-corrected chi connectivity index (χ0v) is 22.2. The van der Waals surface area contributed by atoms with E-state index in [-0.39, 0.29) is 17.6 Å². The Balaban J connectivity index is 1.52. The number of benzene rings is 3. The van der Waals surface area contributed by atoms with E-state index in [2.05, 4.69) is 10.6 Å². The highest BCUT2D eigenvalue weighted by Gasteiger charge is 2.24. The molecule has 1 atom stereocenters. The standard InChI is InChI=1S/C32H33FN2O4/c1-20(2)17-34-31(36)24-14-23(15-26(16-24)38-18-21-6-5-7-21)30(22-10-12-25(33)13-11-22)35-32(37)28-19-39-29-9-4-3-8-27(28)29/h3-4,8-16,19-21,30H,5-7,17-18H2,1-2H3,(H,34,36)(H,35,37). The molecule has 1 aliphatic carbocycles. The molecule has 1 saturated carbocycles. The number of carbonyl (C=O) groups is 2. The molecule has 0 aliphatic heterocycles. The Kier molecular flexibility index (Phi) is 7.96. The van der Waals surface area contributed by atoms with Gasteiger partial charge in [-0.05, 0) is 72.2 Å². The van der Waals surface area contributed by atoms with Crippen molar-refractivity contribution >= 4 is 22.8 Å². The predicted molar refractivity (Wildman–Crippen MR) is 148 cm³/mol. The molecular weight excluding hydrogens is 495 g/mol. The van der Waals surface area contributed by atoms with E-state index in [1.807, 2.05) is 38.1 Å². The normalized spacial score (nSPS) is 14.2. The summed E-state index contributed by atoms with van der Waals surface area (Å²) in [5, 5.41) is 6.75. The number of fused-ring (bicyclic) bond motifs is 1. The van der Waals surface area contributed by atoms with Crippen molar-refractivity contribution in [2.75, 3.05) is 13.2 Å². The summed E-state index contributed by atoms with van der Waals surface area (Å²) >= 11 is 0. The Hall–Kier alpha value is -4.13. The number of hydrogen-bond donors (Lipinski definition) is 2. The first-order valence-corrected chi connectivity index (χ1v) is 13.5. The Labute approximate surface area is 227 Å². The van der Waals surface area contributed by atoms with Gasteiger partial charge in [0, 0.05) is 17.5 Å². The topological polar surface area (TPSA) is 80.6 Å². The minimum absolute atomic E-state index is 0.218. The summed E-state index contributed by atoms with van der Waals surface area (Å²) in [6.45, 7) is 5.17. The molecule has 1 heterocycles. The zero-order valence-electron chi connectivity index (χ0n) is 22.2. The van der Waals surface area contributed by atoms with E-state index in [0.717, 1.165) is 12.8 Å². The molecule has 202 valence electrons. The van der Waals surface area contributed by atoms with Crippen LogP contribution < -0.4 is 15.4 Å². The van der Waals surface area contributed by atoms with E-state index >= 15 is 0 Å². The number of hydrogen-bond acceptors (Lipinski definition) is 4. The molecule has 7 heteroatoms. The molecule has 4 aromatic rings. The van der Waals surface area contributed by atoms with Gasteiger partial charge in [-0.15, -0.1) is 0 Å². The molecule has 0 spiro atoms. The van der Waals surface area contributed by atoms with Crippen LogP contribution in [0.1, 0.15) is 71.0 Å². The maximum absolute atomic E-state index is 13.8. The third kappa shape index (κ3) is 6.30. The maximum Gasteiger partial charge on any atom is 0.255 e. The van der Waals surface area contributed by atoms with Crippen molar-refractivity contribution in [1.82, 2.24) is 10.6 Å². The van der Waals surface area contributed by atoms with Crippen molar-refractivity contribution in [3.63, 3.8) is 0 Å². The van der Waals surface area contributed by atoms with Gasteiger partial charge in [0.25, 0.3) is 11.8 Å². The Morgan fingerprint density at radius 2 is 1.77 bits per heavy atom. The second-order valence-electron chi connectivity index (χ2n) is 10.6. The summed E-state index contributed by atoms with van der Waals surface area (Å²) in [7, 11) is 0. The first-order valence-electron chi connectivity index (χ1n) is 13.5. The van der Waals surface area contributed by atoms with Crippen molar-refractivity contribution in [2.45, 2.75) is 39.2 Å². The summed E-state index contributed by atoms with van der Waals surface area (Å²) in [4.78, 5) is 26.6. The van der Waals surface area contributed by atoms with E-state index < -0.39 is 6.04 Å². The van der Waals surface area contributed by atoms with Gasteiger partial charge in [0.05, 0.1) is 18.2 Å². The largest absolute Gasteiger partial charge is 0.493 e. The lowest BCUT2D eigenvalue weighted by Crippen LogP contribution is -2.30. The number of halogens is 1. The zero-order chi connectivity index (χ0) is 27.4. The molecule has 2 amide bonds. The van der Waals surface area contributed by atoms with E-state index in [1.54, 1.807) is 30.3 Å². The molecule has 2 N–H and O–H groups in total. The highest BCUT2D eigenvalue weighted by molar-refractivity contribution is 6.06. The number of amides is 2. The van der Waals surface area contributed by atoms with E-state index in [0.29, 0.717) is 64.0 Å². The molecule has 1 fully saturated rings. The molecule has 0 saturated heterocycles. The van der Waals surface area contributed by atoms with E-state index in [1.165, 1.54) is 24.8 Å². The third-order valence-electron chi connectivity index (χ3n) is 7.11. The quantitative estimate of drug-likeness (QED) is 0.241. The van der Waals surface area contributed by atoms with Crippen LogP contribution in [0, 0.1) is 17.7 Å². The van der Waals surface area contributed by atoms with Crippen molar-refractivity contribution in [3.8, 4) is 5.75 Å². The fourth-order valence-corrected chi connectivity index (χ4v) is 4.65. The van der Waals surface area contributed by atoms with E-state index in [9.17, 15) is 14.0 Å². The van der Waals surface area contributed by atoms with Crippen LogP contribution in [-0.2, 0) is 0 Å². The van der Waals surface area contributed by atoms with Gasteiger partial charge in [-0.25, -0.2) is 4.39 Å². The fraction of sp³-hybridized carbons (Fsp3) is 0.312. The molecule has 3 aromatic carbocycles. The van der Waals surface area contributed by atoms with Crippen LogP contribution in [0.3, 0.4) is 0 Å². The SMILES string of the molecule is CC(C)CNC(=O)c1cc(OCC2CCC2)cc(C(NC(=O)c2coc3ccccc23)c2ccc(F)cc2)c1. The fourth-order valence-electron chi connectivity index (χ4n) is 4.65. The molecule has 1 unspecified atom stereocenters. The first-order chi connectivity index (χ1) is 18.9. The van der Waals surface area contributed by atoms with Crippen LogP contribution in [-0.4, -0.2) is 25.0 Å². The lowest BCUT2D eigenvalue weighted by atomic mass is 9.86. The number of ether oxygens (including phenoxy) is 1. The Morgan fingerprint density at radius 3 is 2.49 bits per heavy atom. The van der Waals surface area contributed by atoms with Gasteiger partial charge in [-0.1, -0.05) is 50.6 Å². The molecule has 5 rings (SSSR count). The average Bonchev–Trinajstić information content (AvgIpc) is 3.34. The highest BCUT2D eigenvalue weighted by atomic mass is 19.1. The van der Waals surface area contributed by atoms with Crippen molar-refractivity contribution in [2.24, 2.45) is 11.8 Å². The van der Waals surface area contributed by atoms with Gasteiger partial charge in [0.2, 0.25) is 0 Å². The van der Waals surface area contributed by atoms with Crippen LogP contribution in [0.4, 0.5) is 4.39 Å². The first kappa shape index (κ1) is 26.5. The summed E-state index contributed by atoms with van der Waals surface area (Å²) in [5.74, 6) is 0.418. The lowest BCUT2D eigenvalue weighted by Gasteiger charge is -2.26. The number of furan rings is 1. The van der Waals surface area contributed by atoms with Gasteiger partial charge in [-0.3, -0.25) is 9.59 Å². The average molecular weight is 529 g/mol. The van der Waals surface area contributed by atoms with Gasteiger partial charge in [0.15, 0.2) is 0 Å². The number of carbonyl (C=O) groups excluding carboxylic acids is 2. The smallest absolute Gasteiger partial charge is 0.255 e. The van der Waals surface area contributed by atoms with Gasteiger partial charge >= 0.3 is 0 Å². The number of rotatable bonds is 10. The van der Waals surface area contributed by atoms with Crippen LogP contribution in [0.5, 0.6) is 5.75 Å². The summed E-state index contributed by atoms with van der Waals surface area (Å²) < 4.78 is 25.6. The van der Waals surface area contributed by atoms with Crippen molar-refractivity contribution < 1.29 is 23.1 Å². The van der Waals surface area contributed by atoms with Gasteiger partial charge in [-0.2, -0.15) is 0 Å². The summed E-state index contributed by atoms with van der Waals surface area (Å²) in [6, 6.07) is 18.0. The van der Waals surface area contributed by atoms with Crippen molar-refractivity contribution in [3.05, 3.63) is 101 Å². The molecule has 39 heavy (non-hydrogen) atoms. The molecule has 6 nitrogen and oxygen atoms in total. The number of para-hydroxylation sites is 1. The van der Waals surface area contributed by atoms with E-state index in [4.69, 9.17) is 9.15 Å². The van der Waals surface area contributed by atoms with Crippen LogP contribution in [0.2, 0.25) is 0 Å². The highest BCUT2D eigenvalue weighted by Crippen LogP contribution is 2.31. The van der Waals surface area contributed by atoms with Gasteiger partial charge in [0.1, 0.15) is 23.4 Å². The molecule has 1 aromatic heterocycles. The van der Waals surface area contributed by atoms with Crippen LogP contribution in [0.25, 0.3) is 11.0 Å². The lowest BCUT2D eigenvalue weighted by molar-refractivity contribution is 0.0940. The minimum Gasteiger partial charge on any atom is -0.493 e. The van der Waals surface area contributed by atoms with Crippen LogP contribution >= 0.6 is 0 Å². The summed E-state index contributed by atoms with van der Waals surface area (Å²) in [6.07, 6.45) is 4.91. The second-order valence-corrected chi connectivity index (χ2v) is 10.6. The predicted octanol–water partition coefficient (Wildman–Crippen LogP) is 6.66. The summed E-state index contributed by atoms with van der Waals surface area (Å²) in [5.41, 5.74) is 2.76. The molecule has 0 bridgehead atoms. The molecule has 1 aliphatic rings. The number of nitrogens with one attached hydrogen (secondary N) is 2. The maximum atomic E-state index is 13.8. The Morgan fingerprint density at radius 1 is 1.00 bits per heavy atom. The molecule has 0 radical (unpaired) electrons.